The van der Waals surface area contributed by atoms with Crippen molar-refractivity contribution in [3.63, 3.8) is 0 Å². The molecular formula is C10H16N2O3. The third kappa shape index (κ3) is 2.68. The molecule has 0 radical (unpaired) electrons. The fourth-order valence-electron chi connectivity index (χ4n) is 1.97. The van der Waals surface area contributed by atoms with E-state index in [4.69, 9.17) is 4.74 Å². The molecule has 0 spiro atoms. The van der Waals surface area contributed by atoms with Crippen LogP contribution in [0.2, 0.25) is 0 Å². The van der Waals surface area contributed by atoms with Crippen LogP contribution in [0.15, 0.2) is 0 Å². The monoisotopic (exact) mass is 212 g/mol. The molecule has 0 saturated carbocycles. The van der Waals surface area contributed by atoms with Gasteiger partial charge in [-0.1, -0.05) is 0 Å². The molecule has 2 rings (SSSR count). The average molecular weight is 212 g/mol. The van der Waals surface area contributed by atoms with Crippen molar-refractivity contribution >= 4 is 11.8 Å². The van der Waals surface area contributed by atoms with Crippen LogP contribution in [0.1, 0.15) is 12.8 Å². The standard InChI is InChI=1S/C10H16N2O3/c13-9-1-3-12(10(14)5-11-9)6-8-2-4-15-7-8/h8H,1-7H2,(H,11,13). The summed E-state index contributed by atoms with van der Waals surface area (Å²) in [7, 11) is 0. The van der Waals surface area contributed by atoms with E-state index in [1.807, 2.05) is 0 Å². The Morgan fingerprint density at radius 3 is 3.07 bits per heavy atom. The summed E-state index contributed by atoms with van der Waals surface area (Å²) in [6.45, 7) is 2.95. The normalized spacial score (nSPS) is 27.7. The molecular weight excluding hydrogens is 196 g/mol. The minimum Gasteiger partial charge on any atom is -0.381 e. The van der Waals surface area contributed by atoms with Crippen LogP contribution in [0.5, 0.6) is 0 Å². The predicted octanol–water partition coefficient (Wildman–Crippen LogP) is -0.629. The van der Waals surface area contributed by atoms with E-state index in [0.717, 1.165) is 26.2 Å². The molecule has 2 aliphatic heterocycles. The number of hydrogen-bond donors (Lipinski definition) is 1. The van der Waals surface area contributed by atoms with Crippen molar-refractivity contribution in [2.45, 2.75) is 12.8 Å². The minimum absolute atomic E-state index is 0.0211. The van der Waals surface area contributed by atoms with Gasteiger partial charge in [0.05, 0.1) is 13.2 Å². The lowest BCUT2D eigenvalue weighted by Crippen LogP contribution is -2.38. The lowest BCUT2D eigenvalue weighted by molar-refractivity contribution is -0.130. The maximum absolute atomic E-state index is 11.6. The molecule has 1 atom stereocenters. The zero-order chi connectivity index (χ0) is 10.7. The average Bonchev–Trinajstić information content (AvgIpc) is 2.67. The van der Waals surface area contributed by atoms with Gasteiger partial charge in [-0.25, -0.2) is 0 Å². The Hall–Kier alpha value is -1.10. The molecule has 5 heteroatoms. The maximum atomic E-state index is 11.6. The molecule has 2 saturated heterocycles. The third-order valence-electron chi connectivity index (χ3n) is 2.90. The Labute approximate surface area is 88.8 Å². The zero-order valence-corrected chi connectivity index (χ0v) is 8.70. The molecule has 1 unspecified atom stereocenters. The number of carbonyl (C=O) groups excluding carboxylic acids is 2. The van der Waals surface area contributed by atoms with Crippen LogP contribution in [0.4, 0.5) is 0 Å². The lowest BCUT2D eigenvalue weighted by atomic mass is 10.1. The Morgan fingerprint density at radius 2 is 2.33 bits per heavy atom. The molecule has 0 aromatic carbocycles. The van der Waals surface area contributed by atoms with Gasteiger partial charge in [0.2, 0.25) is 11.8 Å². The molecule has 0 aromatic heterocycles. The van der Waals surface area contributed by atoms with Gasteiger partial charge in [-0.15, -0.1) is 0 Å². The summed E-state index contributed by atoms with van der Waals surface area (Å²) < 4.78 is 5.27. The van der Waals surface area contributed by atoms with Gasteiger partial charge in [-0.3, -0.25) is 9.59 Å². The second-order valence-electron chi connectivity index (χ2n) is 4.10. The van der Waals surface area contributed by atoms with Gasteiger partial charge in [0.25, 0.3) is 0 Å². The Kier molecular flexibility index (Phi) is 3.20. The highest BCUT2D eigenvalue weighted by molar-refractivity contribution is 5.87. The van der Waals surface area contributed by atoms with E-state index in [1.54, 1.807) is 4.90 Å². The molecule has 2 fully saturated rings. The van der Waals surface area contributed by atoms with Crippen molar-refractivity contribution in [2.24, 2.45) is 5.92 Å². The van der Waals surface area contributed by atoms with Crippen molar-refractivity contribution in [3.05, 3.63) is 0 Å². The minimum atomic E-state index is -0.0338. The van der Waals surface area contributed by atoms with Crippen LogP contribution < -0.4 is 5.32 Å². The summed E-state index contributed by atoms with van der Waals surface area (Å²) in [6, 6.07) is 0. The molecule has 0 aromatic rings. The first-order valence-corrected chi connectivity index (χ1v) is 5.38. The molecule has 0 bridgehead atoms. The number of ether oxygens (including phenoxy) is 1. The molecule has 2 aliphatic rings. The van der Waals surface area contributed by atoms with Crippen molar-refractivity contribution in [1.29, 1.82) is 0 Å². The highest BCUT2D eigenvalue weighted by Crippen LogP contribution is 2.14. The Morgan fingerprint density at radius 1 is 1.47 bits per heavy atom. The first-order chi connectivity index (χ1) is 7.25. The van der Waals surface area contributed by atoms with Crippen LogP contribution in [0, 0.1) is 5.92 Å². The number of nitrogens with one attached hydrogen (secondary N) is 1. The molecule has 1 N–H and O–H groups in total. The van der Waals surface area contributed by atoms with Crippen LogP contribution in [0.25, 0.3) is 0 Å². The largest absolute Gasteiger partial charge is 0.381 e. The molecule has 15 heavy (non-hydrogen) atoms. The Balaban J connectivity index is 1.88. The fraction of sp³-hybridized carbons (Fsp3) is 0.800. The summed E-state index contributed by atoms with van der Waals surface area (Å²) in [5.74, 6) is 0.434. The van der Waals surface area contributed by atoms with E-state index in [9.17, 15) is 9.59 Å². The third-order valence-corrected chi connectivity index (χ3v) is 2.90. The van der Waals surface area contributed by atoms with Crippen LogP contribution in [-0.4, -0.2) is 49.6 Å². The zero-order valence-electron chi connectivity index (χ0n) is 8.70. The topological polar surface area (TPSA) is 58.6 Å². The summed E-state index contributed by atoms with van der Waals surface area (Å²) in [5, 5.41) is 2.59. The number of nitrogens with zero attached hydrogens (tertiary/aromatic N) is 1. The predicted molar refractivity (Wildman–Crippen MR) is 53.1 cm³/mol. The number of hydrogen-bond acceptors (Lipinski definition) is 3. The van der Waals surface area contributed by atoms with E-state index in [-0.39, 0.29) is 18.4 Å². The highest BCUT2D eigenvalue weighted by Gasteiger charge is 2.24. The van der Waals surface area contributed by atoms with Gasteiger partial charge < -0.3 is 15.0 Å². The summed E-state index contributed by atoms with van der Waals surface area (Å²) in [6.07, 6.45) is 1.43. The van der Waals surface area contributed by atoms with Crippen LogP contribution >= 0.6 is 0 Å². The van der Waals surface area contributed by atoms with Crippen molar-refractivity contribution in [3.8, 4) is 0 Å². The smallest absolute Gasteiger partial charge is 0.241 e. The summed E-state index contributed by atoms with van der Waals surface area (Å²) >= 11 is 0. The van der Waals surface area contributed by atoms with E-state index in [2.05, 4.69) is 5.32 Å². The van der Waals surface area contributed by atoms with Gasteiger partial charge in [-0.05, 0) is 6.42 Å². The number of rotatable bonds is 2. The molecule has 0 aliphatic carbocycles. The Bertz CT molecular complexity index is 261. The molecule has 5 nitrogen and oxygen atoms in total. The first kappa shape index (κ1) is 10.4. The molecule has 2 heterocycles. The molecule has 84 valence electrons. The van der Waals surface area contributed by atoms with E-state index < -0.39 is 0 Å². The SMILES string of the molecule is O=C1CCN(CC2CCOC2)C(=O)CN1. The number of carbonyl (C=O) groups is 2. The second-order valence-corrected chi connectivity index (χ2v) is 4.10. The summed E-state index contributed by atoms with van der Waals surface area (Å²) in [5.41, 5.74) is 0. The van der Waals surface area contributed by atoms with Gasteiger partial charge >= 0.3 is 0 Å². The van der Waals surface area contributed by atoms with Gasteiger partial charge in [0.1, 0.15) is 0 Å². The fourth-order valence-corrected chi connectivity index (χ4v) is 1.97. The van der Waals surface area contributed by atoms with Crippen molar-refractivity contribution in [1.82, 2.24) is 10.2 Å². The molecule has 2 amide bonds. The first-order valence-electron chi connectivity index (χ1n) is 5.38. The van der Waals surface area contributed by atoms with E-state index in [0.29, 0.717) is 18.9 Å². The lowest BCUT2D eigenvalue weighted by Gasteiger charge is -2.22. The van der Waals surface area contributed by atoms with Crippen molar-refractivity contribution in [2.75, 3.05) is 32.8 Å². The van der Waals surface area contributed by atoms with E-state index >= 15 is 0 Å². The highest BCUT2D eigenvalue weighted by atomic mass is 16.5. The van der Waals surface area contributed by atoms with Gasteiger partial charge in [0.15, 0.2) is 0 Å². The van der Waals surface area contributed by atoms with Crippen LogP contribution in [0.3, 0.4) is 0 Å². The van der Waals surface area contributed by atoms with Gasteiger partial charge in [0, 0.05) is 32.0 Å². The van der Waals surface area contributed by atoms with Gasteiger partial charge in [-0.2, -0.15) is 0 Å². The number of amides is 2. The quantitative estimate of drug-likeness (QED) is 0.663. The van der Waals surface area contributed by atoms with Crippen LogP contribution in [-0.2, 0) is 14.3 Å². The second kappa shape index (κ2) is 4.61. The summed E-state index contributed by atoms with van der Waals surface area (Å²) in [4.78, 5) is 24.5. The van der Waals surface area contributed by atoms with Crippen molar-refractivity contribution < 1.29 is 14.3 Å². The van der Waals surface area contributed by atoms with E-state index in [1.165, 1.54) is 0 Å². The maximum Gasteiger partial charge on any atom is 0.241 e.